The fourth-order valence-corrected chi connectivity index (χ4v) is 9.26. The van der Waals surface area contributed by atoms with Crippen LogP contribution in [-0.4, -0.2) is 4.98 Å². The lowest BCUT2D eigenvalue weighted by Gasteiger charge is -2.29. The van der Waals surface area contributed by atoms with Crippen LogP contribution in [0.3, 0.4) is 0 Å². The standard InChI is InChI=1S/C49H36N2O2/c1-48(2)37-17-7-5-13-31(37)33-25-23-29(27-39(33)48)51(30-24-26-34-32-14-6-8-18-38(32)49(3,4)40(34)28-30)42-20-11-15-35-45-36(16-12-22-44(45)52-46(35)42)47-50-41-19-9-10-21-43(41)53-47/h5-28H,1-4H3. The van der Waals surface area contributed by atoms with Crippen LogP contribution in [0.2, 0.25) is 0 Å². The van der Waals surface area contributed by atoms with E-state index in [-0.39, 0.29) is 10.8 Å². The minimum absolute atomic E-state index is 0.144. The molecular formula is C49H36N2O2. The molecule has 2 aliphatic carbocycles. The summed E-state index contributed by atoms with van der Waals surface area (Å²) in [6, 6.07) is 52.1. The highest BCUT2D eigenvalue weighted by atomic mass is 16.3. The number of rotatable bonds is 4. The Kier molecular flexibility index (Phi) is 6.04. The predicted molar refractivity (Wildman–Crippen MR) is 217 cm³/mol. The predicted octanol–water partition coefficient (Wildman–Crippen LogP) is 13.5. The Morgan fingerprint density at radius 1 is 0.472 bits per heavy atom. The molecule has 0 aliphatic heterocycles. The summed E-state index contributed by atoms with van der Waals surface area (Å²) in [4.78, 5) is 7.27. The fourth-order valence-electron chi connectivity index (χ4n) is 9.26. The second-order valence-electron chi connectivity index (χ2n) is 15.6. The third-order valence-electron chi connectivity index (χ3n) is 11.9. The van der Waals surface area contributed by atoms with Crippen LogP contribution in [0.15, 0.2) is 154 Å². The Labute approximate surface area is 308 Å². The zero-order chi connectivity index (χ0) is 35.6. The van der Waals surface area contributed by atoms with E-state index >= 15 is 0 Å². The molecule has 0 radical (unpaired) electrons. The van der Waals surface area contributed by atoms with E-state index in [4.69, 9.17) is 13.8 Å². The molecule has 53 heavy (non-hydrogen) atoms. The molecule has 11 rings (SSSR count). The van der Waals surface area contributed by atoms with Crippen molar-refractivity contribution in [3.05, 3.63) is 168 Å². The van der Waals surface area contributed by atoms with Gasteiger partial charge in [0.2, 0.25) is 5.89 Å². The quantitative estimate of drug-likeness (QED) is 0.185. The molecule has 0 unspecified atom stereocenters. The zero-order valence-corrected chi connectivity index (χ0v) is 30.1. The Bertz CT molecular complexity index is 2840. The van der Waals surface area contributed by atoms with Gasteiger partial charge in [-0.2, -0.15) is 0 Å². The summed E-state index contributed by atoms with van der Waals surface area (Å²) >= 11 is 0. The van der Waals surface area contributed by atoms with Gasteiger partial charge in [0.05, 0.1) is 5.69 Å². The molecule has 4 heteroatoms. The van der Waals surface area contributed by atoms with Crippen LogP contribution in [0, 0.1) is 0 Å². The van der Waals surface area contributed by atoms with Gasteiger partial charge in [0.1, 0.15) is 11.1 Å². The number of furan rings is 1. The molecule has 4 nitrogen and oxygen atoms in total. The highest BCUT2D eigenvalue weighted by Gasteiger charge is 2.38. The Balaban J connectivity index is 1.16. The largest absolute Gasteiger partial charge is 0.454 e. The fraction of sp³-hybridized carbons (Fsp3) is 0.122. The first-order valence-electron chi connectivity index (χ1n) is 18.4. The van der Waals surface area contributed by atoms with Gasteiger partial charge in [0.15, 0.2) is 11.2 Å². The summed E-state index contributed by atoms with van der Waals surface area (Å²) in [6.07, 6.45) is 0. The van der Waals surface area contributed by atoms with E-state index in [1.54, 1.807) is 0 Å². The lowest BCUT2D eigenvalue weighted by Crippen LogP contribution is -2.18. The van der Waals surface area contributed by atoms with Crippen LogP contribution in [0.4, 0.5) is 17.1 Å². The maximum absolute atomic E-state index is 6.90. The third-order valence-corrected chi connectivity index (χ3v) is 11.9. The van der Waals surface area contributed by atoms with Gasteiger partial charge in [-0.15, -0.1) is 0 Å². The molecule has 0 bridgehead atoms. The van der Waals surface area contributed by atoms with Crippen LogP contribution in [0.1, 0.15) is 49.9 Å². The molecule has 0 saturated heterocycles. The van der Waals surface area contributed by atoms with E-state index in [9.17, 15) is 0 Å². The minimum Gasteiger partial charge on any atom is -0.454 e. The van der Waals surface area contributed by atoms with Gasteiger partial charge >= 0.3 is 0 Å². The van der Waals surface area contributed by atoms with Gasteiger partial charge < -0.3 is 13.7 Å². The van der Waals surface area contributed by atoms with Crippen molar-refractivity contribution in [1.29, 1.82) is 0 Å². The molecular weight excluding hydrogens is 649 g/mol. The number of hydrogen-bond acceptors (Lipinski definition) is 4. The van der Waals surface area contributed by atoms with Crippen LogP contribution < -0.4 is 4.90 Å². The average Bonchev–Trinajstić information content (AvgIpc) is 3.91. The topological polar surface area (TPSA) is 42.4 Å². The number of nitrogens with zero attached hydrogens (tertiary/aromatic N) is 2. The average molecular weight is 685 g/mol. The molecule has 2 aromatic heterocycles. The molecule has 9 aromatic rings. The van der Waals surface area contributed by atoms with Crippen molar-refractivity contribution in [2.75, 3.05) is 4.90 Å². The number of aromatic nitrogens is 1. The molecule has 2 aliphatic rings. The van der Waals surface area contributed by atoms with E-state index in [1.807, 2.05) is 36.4 Å². The number of hydrogen-bond donors (Lipinski definition) is 0. The number of benzene rings is 7. The molecule has 0 fully saturated rings. The molecule has 0 spiro atoms. The second-order valence-corrected chi connectivity index (χ2v) is 15.6. The molecule has 2 heterocycles. The van der Waals surface area contributed by atoms with Crippen molar-refractivity contribution in [3.63, 3.8) is 0 Å². The van der Waals surface area contributed by atoms with Crippen molar-refractivity contribution in [3.8, 4) is 33.7 Å². The first kappa shape index (κ1) is 30.3. The van der Waals surface area contributed by atoms with Crippen LogP contribution in [0.25, 0.3) is 66.7 Å². The maximum Gasteiger partial charge on any atom is 0.228 e. The molecule has 254 valence electrons. The van der Waals surface area contributed by atoms with Crippen molar-refractivity contribution < 1.29 is 8.83 Å². The van der Waals surface area contributed by atoms with Crippen LogP contribution in [-0.2, 0) is 10.8 Å². The Morgan fingerprint density at radius 2 is 1.02 bits per heavy atom. The van der Waals surface area contributed by atoms with Gasteiger partial charge in [-0.1, -0.05) is 119 Å². The summed E-state index contributed by atoms with van der Waals surface area (Å²) in [5.74, 6) is 0.586. The summed E-state index contributed by atoms with van der Waals surface area (Å²) in [5, 5.41) is 2.01. The van der Waals surface area contributed by atoms with Gasteiger partial charge in [0.25, 0.3) is 0 Å². The van der Waals surface area contributed by atoms with E-state index in [1.165, 1.54) is 44.5 Å². The number of anilines is 3. The number of oxazole rings is 1. The van der Waals surface area contributed by atoms with Crippen LogP contribution >= 0.6 is 0 Å². The SMILES string of the molecule is CC1(C)c2ccccc2-c2ccc(N(c3ccc4c(c3)C(C)(C)c3ccccc3-4)c3cccc4c3oc3cccc(-c5nc6ccccc6o5)c34)cc21. The molecule has 0 N–H and O–H groups in total. The van der Waals surface area contributed by atoms with E-state index in [2.05, 4.69) is 142 Å². The highest BCUT2D eigenvalue weighted by molar-refractivity contribution is 6.15. The van der Waals surface area contributed by atoms with E-state index < -0.39 is 0 Å². The first-order chi connectivity index (χ1) is 25.8. The Hall–Kier alpha value is -6.39. The van der Waals surface area contributed by atoms with E-state index in [0.29, 0.717) is 5.89 Å². The molecule has 7 aromatic carbocycles. The Morgan fingerprint density at radius 3 is 1.68 bits per heavy atom. The van der Waals surface area contributed by atoms with Crippen molar-refractivity contribution in [2.24, 2.45) is 0 Å². The number of fused-ring (bicyclic) bond motifs is 10. The minimum atomic E-state index is -0.144. The van der Waals surface area contributed by atoms with Crippen molar-refractivity contribution in [1.82, 2.24) is 4.98 Å². The zero-order valence-electron chi connectivity index (χ0n) is 30.1. The van der Waals surface area contributed by atoms with Crippen LogP contribution in [0.5, 0.6) is 0 Å². The monoisotopic (exact) mass is 684 g/mol. The lowest BCUT2D eigenvalue weighted by atomic mass is 9.82. The normalized spacial score (nSPS) is 14.7. The van der Waals surface area contributed by atoms with Gasteiger partial charge in [-0.25, -0.2) is 4.98 Å². The lowest BCUT2D eigenvalue weighted by molar-refractivity contribution is 0.620. The summed E-state index contributed by atoms with van der Waals surface area (Å²) in [7, 11) is 0. The molecule has 0 atom stereocenters. The smallest absolute Gasteiger partial charge is 0.228 e. The van der Waals surface area contributed by atoms with Gasteiger partial charge in [0, 0.05) is 38.5 Å². The second kappa shape index (κ2) is 10.6. The van der Waals surface area contributed by atoms with Crippen molar-refractivity contribution >= 4 is 50.1 Å². The summed E-state index contributed by atoms with van der Waals surface area (Å²) in [5.41, 5.74) is 17.6. The molecule has 0 amide bonds. The third kappa shape index (κ3) is 4.15. The first-order valence-corrected chi connectivity index (χ1v) is 18.4. The highest BCUT2D eigenvalue weighted by Crippen LogP contribution is 2.54. The molecule has 0 saturated carbocycles. The number of para-hydroxylation sites is 3. The van der Waals surface area contributed by atoms with Gasteiger partial charge in [-0.05, 0) is 99.1 Å². The van der Waals surface area contributed by atoms with Gasteiger partial charge in [-0.3, -0.25) is 0 Å². The summed E-state index contributed by atoms with van der Waals surface area (Å²) < 4.78 is 13.2. The summed E-state index contributed by atoms with van der Waals surface area (Å²) in [6.45, 7) is 9.37. The van der Waals surface area contributed by atoms with E-state index in [0.717, 1.165) is 55.7 Å². The maximum atomic E-state index is 6.90. The van der Waals surface area contributed by atoms with Crippen molar-refractivity contribution in [2.45, 2.75) is 38.5 Å².